The van der Waals surface area contributed by atoms with E-state index in [1.807, 2.05) is 19.2 Å². The largest absolute Gasteiger partial charge is 0.343 e. The average molecular weight is 265 g/mol. The monoisotopic (exact) mass is 264 g/mol. The normalized spacial score (nSPS) is 10.9. The molecule has 3 heteroatoms. The predicted octanol–water partition coefficient (Wildman–Crippen LogP) is 2.91. The highest BCUT2D eigenvalue weighted by atomic mass is 79.9. The standard InChI is InChI=1S/C12H13BrN2/c1-8(7-14)12-11(13)9-5-3-4-6-10(9)15(12)2/h3-6H,1,7,14H2,2H3. The molecule has 0 unspecified atom stereocenters. The molecule has 1 heterocycles. The van der Waals surface area contributed by atoms with E-state index in [2.05, 4.69) is 39.2 Å². The van der Waals surface area contributed by atoms with E-state index in [0.29, 0.717) is 6.54 Å². The van der Waals surface area contributed by atoms with Gasteiger partial charge in [-0.2, -0.15) is 0 Å². The van der Waals surface area contributed by atoms with Crippen molar-refractivity contribution in [3.63, 3.8) is 0 Å². The molecule has 0 saturated carbocycles. The Morgan fingerprint density at radius 2 is 2.13 bits per heavy atom. The molecule has 2 rings (SSSR count). The fourth-order valence-electron chi connectivity index (χ4n) is 1.84. The van der Waals surface area contributed by atoms with E-state index in [0.717, 1.165) is 15.7 Å². The number of aromatic nitrogens is 1. The zero-order valence-corrected chi connectivity index (χ0v) is 10.2. The number of nitrogens with zero attached hydrogens (tertiary/aromatic N) is 1. The topological polar surface area (TPSA) is 30.9 Å². The van der Waals surface area contributed by atoms with Gasteiger partial charge >= 0.3 is 0 Å². The Morgan fingerprint density at radius 1 is 1.47 bits per heavy atom. The Morgan fingerprint density at radius 3 is 2.73 bits per heavy atom. The predicted molar refractivity (Wildman–Crippen MR) is 68.7 cm³/mol. The van der Waals surface area contributed by atoms with Gasteiger partial charge in [0.2, 0.25) is 0 Å². The second kappa shape index (κ2) is 3.83. The molecular weight excluding hydrogens is 252 g/mol. The fourth-order valence-corrected chi connectivity index (χ4v) is 2.72. The van der Waals surface area contributed by atoms with Crippen molar-refractivity contribution < 1.29 is 0 Å². The molecule has 0 saturated heterocycles. The van der Waals surface area contributed by atoms with Gasteiger partial charge in [-0.15, -0.1) is 0 Å². The number of aryl methyl sites for hydroxylation is 1. The molecule has 78 valence electrons. The van der Waals surface area contributed by atoms with Crippen LogP contribution in [0.3, 0.4) is 0 Å². The van der Waals surface area contributed by atoms with Gasteiger partial charge in [-0.3, -0.25) is 0 Å². The van der Waals surface area contributed by atoms with E-state index in [9.17, 15) is 0 Å². The molecule has 2 N–H and O–H groups in total. The molecule has 15 heavy (non-hydrogen) atoms. The van der Waals surface area contributed by atoms with E-state index in [4.69, 9.17) is 5.73 Å². The first-order valence-corrected chi connectivity index (χ1v) is 5.57. The highest BCUT2D eigenvalue weighted by molar-refractivity contribution is 9.10. The molecule has 0 fully saturated rings. The Bertz CT molecular complexity index is 487. The summed E-state index contributed by atoms with van der Waals surface area (Å²) >= 11 is 3.61. The molecule has 1 aromatic heterocycles. The quantitative estimate of drug-likeness (QED) is 0.889. The Balaban J connectivity index is 2.81. The number of fused-ring (bicyclic) bond motifs is 1. The first-order valence-electron chi connectivity index (χ1n) is 4.78. The third-order valence-electron chi connectivity index (χ3n) is 2.63. The van der Waals surface area contributed by atoms with Crippen LogP contribution in [0.1, 0.15) is 5.69 Å². The molecule has 0 radical (unpaired) electrons. The zero-order valence-electron chi connectivity index (χ0n) is 8.63. The number of halogens is 1. The first-order chi connectivity index (χ1) is 7.16. The van der Waals surface area contributed by atoms with Gasteiger partial charge in [-0.25, -0.2) is 0 Å². The van der Waals surface area contributed by atoms with Gasteiger partial charge in [0.25, 0.3) is 0 Å². The lowest BCUT2D eigenvalue weighted by atomic mass is 10.2. The molecule has 0 spiro atoms. The molecule has 0 aliphatic heterocycles. The molecule has 1 aromatic carbocycles. The smallest absolute Gasteiger partial charge is 0.0599 e. The van der Waals surface area contributed by atoms with Crippen LogP contribution in [0.4, 0.5) is 0 Å². The van der Waals surface area contributed by atoms with E-state index in [1.165, 1.54) is 10.9 Å². The van der Waals surface area contributed by atoms with Crippen molar-refractivity contribution in [1.82, 2.24) is 4.57 Å². The van der Waals surface area contributed by atoms with Crippen LogP contribution < -0.4 is 5.73 Å². The summed E-state index contributed by atoms with van der Waals surface area (Å²) in [6, 6.07) is 8.24. The van der Waals surface area contributed by atoms with Crippen molar-refractivity contribution in [2.24, 2.45) is 12.8 Å². The van der Waals surface area contributed by atoms with Crippen molar-refractivity contribution in [1.29, 1.82) is 0 Å². The fraction of sp³-hybridized carbons (Fsp3) is 0.167. The Labute approximate surface area is 97.5 Å². The van der Waals surface area contributed by atoms with Crippen LogP contribution in [-0.4, -0.2) is 11.1 Å². The summed E-state index contributed by atoms with van der Waals surface area (Å²) in [4.78, 5) is 0. The first kappa shape index (κ1) is 10.5. The van der Waals surface area contributed by atoms with Gasteiger partial charge < -0.3 is 10.3 Å². The molecular formula is C12H13BrN2. The lowest BCUT2D eigenvalue weighted by Crippen LogP contribution is -2.05. The van der Waals surface area contributed by atoms with Crippen molar-refractivity contribution in [2.75, 3.05) is 6.54 Å². The van der Waals surface area contributed by atoms with E-state index >= 15 is 0 Å². The van der Waals surface area contributed by atoms with Crippen LogP contribution in [0.25, 0.3) is 16.5 Å². The molecule has 0 aliphatic rings. The Kier molecular flexibility index (Phi) is 2.67. The number of hydrogen-bond donors (Lipinski definition) is 1. The van der Waals surface area contributed by atoms with Crippen LogP contribution in [0, 0.1) is 0 Å². The Hall–Kier alpha value is -1.06. The second-order valence-corrected chi connectivity index (χ2v) is 4.34. The summed E-state index contributed by atoms with van der Waals surface area (Å²) < 4.78 is 3.20. The number of para-hydroxylation sites is 1. The molecule has 0 aliphatic carbocycles. The lowest BCUT2D eigenvalue weighted by Gasteiger charge is -2.05. The van der Waals surface area contributed by atoms with E-state index < -0.39 is 0 Å². The number of rotatable bonds is 2. The number of hydrogen-bond acceptors (Lipinski definition) is 1. The zero-order chi connectivity index (χ0) is 11.0. The van der Waals surface area contributed by atoms with Gasteiger partial charge in [0.05, 0.1) is 10.2 Å². The maximum atomic E-state index is 5.63. The van der Waals surface area contributed by atoms with Crippen LogP contribution in [-0.2, 0) is 7.05 Å². The third kappa shape index (κ3) is 1.52. The summed E-state index contributed by atoms with van der Waals surface area (Å²) in [6.07, 6.45) is 0. The van der Waals surface area contributed by atoms with E-state index in [-0.39, 0.29) is 0 Å². The van der Waals surface area contributed by atoms with Gasteiger partial charge in [0, 0.05) is 24.5 Å². The minimum atomic E-state index is 0.475. The number of benzene rings is 1. The van der Waals surface area contributed by atoms with Gasteiger partial charge in [0.15, 0.2) is 0 Å². The molecule has 0 atom stereocenters. The molecule has 2 aromatic rings. The number of nitrogens with two attached hydrogens (primary N) is 1. The van der Waals surface area contributed by atoms with Crippen molar-refractivity contribution in [3.05, 3.63) is 41.0 Å². The van der Waals surface area contributed by atoms with Gasteiger partial charge in [-0.1, -0.05) is 24.8 Å². The second-order valence-electron chi connectivity index (χ2n) is 3.55. The third-order valence-corrected chi connectivity index (χ3v) is 3.43. The molecule has 0 amide bonds. The summed E-state index contributed by atoms with van der Waals surface area (Å²) in [5.41, 5.74) is 8.85. The van der Waals surface area contributed by atoms with Crippen molar-refractivity contribution in [2.45, 2.75) is 0 Å². The average Bonchev–Trinajstić information content (AvgIpc) is 2.52. The van der Waals surface area contributed by atoms with Crippen molar-refractivity contribution >= 4 is 32.4 Å². The van der Waals surface area contributed by atoms with Gasteiger partial charge in [0.1, 0.15) is 0 Å². The van der Waals surface area contributed by atoms with Crippen molar-refractivity contribution in [3.8, 4) is 0 Å². The molecule has 2 nitrogen and oxygen atoms in total. The minimum absolute atomic E-state index is 0.475. The van der Waals surface area contributed by atoms with E-state index in [1.54, 1.807) is 0 Å². The summed E-state index contributed by atoms with van der Waals surface area (Å²) in [7, 11) is 2.03. The molecule has 0 bridgehead atoms. The summed E-state index contributed by atoms with van der Waals surface area (Å²) in [5.74, 6) is 0. The summed E-state index contributed by atoms with van der Waals surface area (Å²) in [6.45, 7) is 4.46. The lowest BCUT2D eigenvalue weighted by molar-refractivity contribution is 0.938. The highest BCUT2D eigenvalue weighted by Crippen LogP contribution is 2.33. The van der Waals surface area contributed by atoms with Crippen LogP contribution in [0.5, 0.6) is 0 Å². The van der Waals surface area contributed by atoms with Gasteiger partial charge in [-0.05, 0) is 27.6 Å². The maximum absolute atomic E-state index is 5.63. The SMILES string of the molecule is C=C(CN)c1c(Br)c2ccccc2n1C. The van der Waals surface area contributed by atoms with Crippen LogP contribution in [0.2, 0.25) is 0 Å². The minimum Gasteiger partial charge on any atom is -0.343 e. The summed E-state index contributed by atoms with van der Waals surface area (Å²) in [5, 5.41) is 1.20. The highest BCUT2D eigenvalue weighted by Gasteiger charge is 2.13. The van der Waals surface area contributed by atoms with Crippen LogP contribution >= 0.6 is 15.9 Å². The maximum Gasteiger partial charge on any atom is 0.0599 e. The van der Waals surface area contributed by atoms with Crippen LogP contribution in [0.15, 0.2) is 35.3 Å².